The van der Waals surface area contributed by atoms with Crippen molar-refractivity contribution in [3.63, 3.8) is 0 Å². The predicted octanol–water partition coefficient (Wildman–Crippen LogP) is 1.77. The monoisotopic (exact) mass is 322 g/mol. The summed E-state index contributed by atoms with van der Waals surface area (Å²) in [5.41, 5.74) is 0.989. The first-order chi connectivity index (χ1) is 10.3. The number of nitrogens with zero attached hydrogens (tertiary/aromatic N) is 1. The molecule has 0 saturated heterocycles. The Kier molecular flexibility index (Phi) is 4.68. The molecule has 1 heterocycles. The molecule has 7 heteroatoms. The number of aryl methyl sites for hydroxylation is 1. The second kappa shape index (κ2) is 6.33. The third-order valence-electron chi connectivity index (χ3n) is 3.22. The molecule has 0 bridgehead atoms. The van der Waals surface area contributed by atoms with Crippen molar-refractivity contribution in [3.05, 3.63) is 53.5 Å². The predicted molar refractivity (Wildman–Crippen MR) is 81.9 cm³/mol. The lowest BCUT2D eigenvalue weighted by atomic mass is 10.2. The Bertz CT molecular complexity index is 763. The number of carbonyl (C=O) groups is 1. The van der Waals surface area contributed by atoms with Gasteiger partial charge >= 0.3 is 0 Å². The van der Waals surface area contributed by atoms with Crippen molar-refractivity contribution < 1.29 is 17.6 Å². The lowest BCUT2D eigenvalue weighted by molar-refractivity contribution is 0.0933. The van der Waals surface area contributed by atoms with Crippen LogP contribution in [-0.4, -0.2) is 32.7 Å². The van der Waals surface area contributed by atoms with E-state index in [1.807, 2.05) is 6.92 Å². The van der Waals surface area contributed by atoms with Crippen LogP contribution in [0.15, 0.2) is 45.7 Å². The van der Waals surface area contributed by atoms with Crippen LogP contribution in [0.25, 0.3) is 0 Å². The summed E-state index contributed by atoms with van der Waals surface area (Å²) in [7, 11) is -0.630. The van der Waals surface area contributed by atoms with Gasteiger partial charge in [0, 0.05) is 14.1 Å². The van der Waals surface area contributed by atoms with E-state index in [-0.39, 0.29) is 23.1 Å². The number of carbonyl (C=O) groups excluding carboxylic acids is 1. The van der Waals surface area contributed by atoms with Crippen LogP contribution in [-0.2, 0) is 16.6 Å². The summed E-state index contributed by atoms with van der Waals surface area (Å²) < 4.78 is 31.4. The zero-order chi connectivity index (χ0) is 16.3. The Hall–Kier alpha value is -2.12. The minimum Gasteiger partial charge on any atom is -0.455 e. The van der Waals surface area contributed by atoms with Gasteiger partial charge in [0.2, 0.25) is 10.0 Å². The van der Waals surface area contributed by atoms with Crippen LogP contribution in [0.5, 0.6) is 0 Å². The second-order valence-electron chi connectivity index (χ2n) is 4.92. The maximum Gasteiger partial charge on any atom is 0.286 e. The number of sulfonamides is 1. The first-order valence-corrected chi connectivity index (χ1v) is 8.12. The van der Waals surface area contributed by atoms with Gasteiger partial charge in [-0.25, -0.2) is 8.42 Å². The molecule has 1 N–H and O–H groups in total. The van der Waals surface area contributed by atoms with Gasteiger partial charge in [-0.15, -0.1) is 0 Å². The van der Waals surface area contributed by atoms with Crippen LogP contribution in [0.3, 0.4) is 0 Å². The highest BCUT2D eigenvalue weighted by Crippen LogP contribution is 2.18. The number of hydrogen-bond donors (Lipinski definition) is 1. The molecule has 0 fully saturated rings. The summed E-state index contributed by atoms with van der Waals surface area (Å²) >= 11 is 0. The van der Waals surface area contributed by atoms with Gasteiger partial charge in [0.25, 0.3) is 5.91 Å². The molecule has 0 aliphatic heterocycles. The van der Waals surface area contributed by atoms with Gasteiger partial charge in [-0.05, 0) is 31.2 Å². The third-order valence-corrected chi connectivity index (χ3v) is 5.04. The molecule has 1 amide bonds. The van der Waals surface area contributed by atoms with E-state index in [4.69, 9.17) is 4.42 Å². The molecule has 118 valence electrons. The number of furan rings is 1. The van der Waals surface area contributed by atoms with Crippen molar-refractivity contribution in [2.75, 3.05) is 14.1 Å². The molecule has 0 radical (unpaired) electrons. The van der Waals surface area contributed by atoms with Crippen molar-refractivity contribution in [2.24, 2.45) is 0 Å². The topological polar surface area (TPSA) is 79.6 Å². The number of amides is 1. The molecule has 0 aliphatic rings. The molecule has 0 atom stereocenters. The smallest absolute Gasteiger partial charge is 0.286 e. The molecule has 2 rings (SSSR count). The highest BCUT2D eigenvalue weighted by Gasteiger charge is 2.22. The minimum absolute atomic E-state index is 0.0488. The summed E-state index contributed by atoms with van der Waals surface area (Å²) in [6.45, 7) is 1.94. The Balaban J connectivity index is 2.17. The van der Waals surface area contributed by atoms with Gasteiger partial charge in [-0.3, -0.25) is 4.79 Å². The van der Waals surface area contributed by atoms with Crippen LogP contribution >= 0.6 is 0 Å². The maximum absolute atomic E-state index is 12.4. The number of rotatable bonds is 5. The number of hydrogen-bond acceptors (Lipinski definition) is 4. The maximum atomic E-state index is 12.4. The Morgan fingerprint density at radius 3 is 2.41 bits per heavy atom. The van der Waals surface area contributed by atoms with E-state index >= 15 is 0 Å². The van der Waals surface area contributed by atoms with Gasteiger partial charge in [0.05, 0.1) is 11.4 Å². The highest BCUT2D eigenvalue weighted by molar-refractivity contribution is 7.89. The van der Waals surface area contributed by atoms with Crippen LogP contribution < -0.4 is 5.32 Å². The molecule has 0 unspecified atom stereocenters. The number of benzene rings is 1. The zero-order valence-electron chi connectivity index (χ0n) is 12.7. The van der Waals surface area contributed by atoms with E-state index in [1.54, 1.807) is 30.3 Å². The standard InChI is InChI=1S/C15H18N2O4S/c1-11-4-7-13(8-5-11)22(19,20)17(3)10-12-6-9-14(21-12)15(18)16-2/h4-9H,10H2,1-3H3,(H,16,18). The normalized spacial score (nSPS) is 11.6. The highest BCUT2D eigenvalue weighted by atomic mass is 32.2. The summed E-state index contributed by atoms with van der Waals surface area (Å²) in [4.78, 5) is 11.6. The molecule has 2 aromatic rings. The van der Waals surface area contributed by atoms with Crippen molar-refractivity contribution in [3.8, 4) is 0 Å². The van der Waals surface area contributed by atoms with Crippen LogP contribution in [0, 0.1) is 6.92 Å². The second-order valence-corrected chi connectivity index (χ2v) is 6.96. The van der Waals surface area contributed by atoms with Crippen LogP contribution in [0.1, 0.15) is 21.9 Å². The fourth-order valence-electron chi connectivity index (χ4n) is 1.90. The fraction of sp³-hybridized carbons (Fsp3) is 0.267. The van der Waals surface area contributed by atoms with Gasteiger partial charge in [0.1, 0.15) is 5.76 Å². The molecule has 1 aromatic carbocycles. The van der Waals surface area contributed by atoms with Crippen molar-refractivity contribution in [2.45, 2.75) is 18.4 Å². The van der Waals surface area contributed by atoms with Crippen molar-refractivity contribution in [1.82, 2.24) is 9.62 Å². The van der Waals surface area contributed by atoms with Crippen LogP contribution in [0.2, 0.25) is 0 Å². The lowest BCUT2D eigenvalue weighted by Gasteiger charge is -2.16. The summed E-state index contributed by atoms with van der Waals surface area (Å²) in [5, 5.41) is 2.44. The van der Waals surface area contributed by atoms with E-state index in [0.717, 1.165) is 5.56 Å². The molecular formula is C15H18N2O4S. The molecule has 0 saturated carbocycles. The Morgan fingerprint density at radius 2 is 1.82 bits per heavy atom. The van der Waals surface area contributed by atoms with Gasteiger partial charge in [0.15, 0.2) is 5.76 Å². The Labute approximate surface area is 129 Å². The van der Waals surface area contributed by atoms with E-state index < -0.39 is 10.0 Å². The molecule has 1 aromatic heterocycles. The molecule has 0 aliphatic carbocycles. The first kappa shape index (κ1) is 16.3. The van der Waals surface area contributed by atoms with E-state index in [1.165, 1.54) is 24.5 Å². The average Bonchev–Trinajstić information content (AvgIpc) is 2.95. The van der Waals surface area contributed by atoms with Gasteiger partial charge in [-0.2, -0.15) is 4.31 Å². The van der Waals surface area contributed by atoms with E-state index in [9.17, 15) is 13.2 Å². The number of nitrogens with one attached hydrogen (secondary N) is 1. The molecule has 22 heavy (non-hydrogen) atoms. The quantitative estimate of drug-likeness (QED) is 0.910. The van der Waals surface area contributed by atoms with Gasteiger partial charge < -0.3 is 9.73 Å². The van der Waals surface area contributed by atoms with Gasteiger partial charge in [-0.1, -0.05) is 17.7 Å². The molecular weight excluding hydrogens is 304 g/mol. The summed E-state index contributed by atoms with van der Waals surface area (Å²) in [5.74, 6) is 0.200. The van der Waals surface area contributed by atoms with Crippen molar-refractivity contribution >= 4 is 15.9 Å². The minimum atomic E-state index is -3.60. The largest absolute Gasteiger partial charge is 0.455 e. The summed E-state index contributed by atoms with van der Waals surface area (Å²) in [6, 6.07) is 9.74. The lowest BCUT2D eigenvalue weighted by Crippen LogP contribution is -2.26. The van der Waals surface area contributed by atoms with E-state index in [0.29, 0.717) is 5.76 Å². The zero-order valence-corrected chi connectivity index (χ0v) is 13.5. The molecule has 0 spiro atoms. The van der Waals surface area contributed by atoms with Crippen molar-refractivity contribution in [1.29, 1.82) is 0 Å². The first-order valence-electron chi connectivity index (χ1n) is 6.68. The van der Waals surface area contributed by atoms with E-state index in [2.05, 4.69) is 5.32 Å². The van der Waals surface area contributed by atoms with Crippen LogP contribution in [0.4, 0.5) is 0 Å². The average molecular weight is 322 g/mol. The third kappa shape index (κ3) is 3.37. The Morgan fingerprint density at radius 1 is 1.18 bits per heavy atom. The fourth-order valence-corrected chi connectivity index (χ4v) is 3.04. The molecule has 6 nitrogen and oxygen atoms in total. The SMILES string of the molecule is CNC(=O)c1ccc(CN(C)S(=O)(=O)c2ccc(C)cc2)o1. The summed E-state index contributed by atoms with van der Waals surface area (Å²) in [6.07, 6.45) is 0.